The highest BCUT2D eigenvalue weighted by Gasteiger charge is 2.57. The van der Waals surface area contributed by atoms with Crippen molar-refractivity contribution in [1.29, 1.82) is 0 Å². The van der Waals surface area contributed by atoms with Gasteiger partial charge >= 0.3 is 0 Å². The first-order valence-electron chi connectivity index (χ1n) is 51.4. The molecule has 0 unspecified atom stereocenters. The fourth-order valence-electron chi connectivity index (χ4n) is 26.9. The highest BCUT2D eigenvalue weighted by molar-refractivity contribution is 6.23. The molecule has 0 N–H and O–H groups in total. The molecule has 0 amide bonds. The topological polar surface area (TPSA) is 42.7 Å². The molecule has 3 aromatic heterocycles. The van der Waals surface area contributed by atoms with Crippen LogP contribution >= 0.6 is 0 Å². The maximum atomic E-state index is 7.78. The number of hydrogen-bond acceptors (Lipinski definition) is 4. The average Bonchev–Trinajstić information content (AvgIpc) is 1.49. The zero-order valence-electron chi connectivity index (χ0n) is 79.4. The molecular formula is C131H121NO3. The molecule has 0 atom stereocenters. The van der Waals surface area contributed by atoms with Crippen molar-refractivity contribution in [3.8, 4) is 66.8 Å². The average molecular weight is 1760 g/mol. The van der Waals surface area contributed by atoms with E-state index in [4.69, 9.17) is 13.3 Å². The van der Waals surface area contributed by atoms with Gasteiger partial charge in [0.15, 0.2) is 0 Å². The molecule has 0 bridgehead atoms. The molecule has 0 radical (unpaired) electrons. The van der Waals surface area contributed by atoms with Crippen LogP contribution in [0.3, 0.4) is 0 Å². The van der Waals surface area contributed by atoms with Crippen molar-refractivity contribution in [2.45, 2.75) is 223 Å². The summed E-state index contributed by atoms with van der Waals surface area (Å²) in [5.41, 5.74) is 40.6. The fraction of sp³-hybridized carbons (Fsp3) is 0.267. The minimum atomic E-state index is -0.850. The molecule has 19 aromatic rings. The van der Waals surface area contributed by atoms with Crippen LogP contribution in [0.15, 0.2) is 347 Å². The van der Waals surface area contributed by atoms with Crippen molar-refractivity contribution >= 4 is 82.9 Å². The Bertz CT molecular complexity index is 7660. The minimum Gasteiger partial charge on any atom is -0.456 e. The Kier molecular flexibility index (Phi) is 21.5. The first-order chi connectivity index (χ1) is 66.6. The number of furan rings is 3. The second-order valence-electron chi connectivity index (χ2n) is 40.7. The van der Waals surface area contributed by atoms with Gasteiger partial charge in [0.25, 0.3) is 0 Å². The zero-order chi connectivity index (χ0) is 90.7. The summed E-state index contributed by atoms with van der Waals surface area (Å²) in [4.78, 5) is 2.74. The Labute approximate surface area is 796 Å². The van der Waals surface area contributed by atoms with Gasteiger partial charge in [-0.3, -0.25) is 0 Å². The van der Waals surface area contributed by atoms with Gasteiger partial charge in [-0.15, -0.1) is 0 Å². The molecule has 5 aliphatic rings. The number of benzene rings is 16. The summed E-state index contributed by atoms with van der Waals surface area (Å²) < 4.78 is 22.0. The summed E-state index contributed by atoms with van der Waals surface area (Å²) in [6.07, 6.45) is 28.8. The Balaban J connectivity index is 0.800. The molecule has 16 aromatic carbocycles. The van der Waals surface area contributed by atoms with Crippen LogP contribution < -0.4 is 4.90 Å². The Hall–Kier alpha value is -13.3. The van der Waals surface area contributed by atoms with Crippen LogP contribution in [0.1, 0.15) is 274 Å². The molecule has 5 aliphatic carbocycles. The lowest BCUT2D eigenvalue weighted by Crippen LogP contribution is -2.33. The summed E-state index contributed by atoms with van der Waals surface area (Å²) in [5.74, 6) is 0. The van der Waals surface area contributed by atoms with Crippen molar-refractivity contribution in [3.63, 3.8) is 0 Å². The van der Waals surface area contributed by atoms with Crippen molar-refractivity contribution in [2.24, 2.45) is 0 Å². The van der Waals surface area contributed by atoms with Crippen molar-refractivity contribution in [2.75, 3.05) is 4.90 Å². The third-order valence-electron chi connectivity index (χ3n) is 32.9. The molecule has 668 valence electrons. The van der Waals surface area contributed by atoms with Gasteiger partial charge in [0.1, 0.15) is 33.5 Å². The van der Waals surface area contributed by atoms with E-state index in [9.17, 15) is 0 Å². The number of fused-ring (bicyclic) bond motifs is 29. The second-order valence-corrected chi connectivity index (χ2v) is 40.7. The number of hydrogen-bond donors (Lipinski definition) is 0. The van der Waals surface area contributed by atoms with E-state index in [2.05, 4.69) is 380 Å². The maximum Gasteiger partial charge on any atom is 0.144 e. The Morgan fingerprint density at radius 3 is 1.13 bits per heavy atom. The molecule has 4 nitrogen and oxygen atoms in total. The normalized spacial score (nSPS) is 14.9. The van der Waals surface area contributed by atoms with Gasteiger partial charge in [0.2, 0.25) is 0 Å². The number of para-hydroxylation sites is 3. The molecule has 3 heterocycles. The lowest BCUT2D eigenvalue weighted by atomic mass is 9.62. The molecule has 0 spiro atoms. The summed E-state index contributed by atoms with van der Waals surface area (Å²) in [5, 5.41) is 7.12. The maximum absolute atomic E-state index is 7.78. The highest BCUT2D eigenvalue weighted by atomic mass is 16.3. The van der Waals surface area contributed by atoms with Crippen LogP contribution in [0.4, 0.5) is 17.1 Å². The molecule has 0 saturated heterocycles. The van der Waals surface area contributed by atoms with Gasteiger partial charge in [-0.2, -0.15) is 0 Å². The van der Waals surface area contributed by atoms with Gasteiger partial charge in [-0.05, 0) is 238 Å². The van der Waals surface area contributed by atoms with Gasteiger partial charge in [-0.1, -0.05) is 425 Å². The lowest BCUT2D eigenvalue weighted by molar-refractivity contribution is 0.369. The minimum absolute atomic E-state index is 0.237. The highest BCUT2D eigenvalue weighted by Crippen LogP contribution is 2.70. The third kappa shape index (κ3) is 12.9. The summed E-state index contributed by atoms with van der Waals surface area (Å²) in [7, 11) is 0. The number of nitrogens with zero attached hydrogens (tertiary/aromatic N) is 1. The molecule has 135 heavy (non-hydrogen) atoms. The third-order valence-corrected chi connectivity index (χ3v) is 32.9. The standard InChI is InChI=1S/C131H121NO3/c1-7-11-15-19-46-76-128(77-47-20-16-12-8-2)104-64-42-38-60-95(104)122-124(128)123-119(121-100-63-41-45-67-114(100)135-126(121)122)97-73-70-92(81-107(97)129(123,78-48-21-17-13-9-3)79-49-22-18-14-10-4)132(91-69-72-96-106(80-91)127(5,6)111-83-101(86-50-28-23-29-51-86)125-120(116(96)111)99-62-40-44-66-113(99)134-125)93-68-71-94-102-84-110-103(85-109(102)131(108(94)82-93,89-56-34-26-35-57-89)90-58-36-27-37-59-90)117-105(74-75-115-118(117)98-61-39-43-65-112(98)133-115)130(110,87-52-30-24-31-53-87)88-54-32-25-33-55-88/h23-45,50-75,80-85H,7-22,46-49,76-79H2,1-6H3. The van der Waals surface area contributed by atoms with Crippen LogP contribution in [0.2, 0.25) is 0 Å². The summed E-state index contributed by atoms with van der Waals surface area (Å²) in [6.45, 7) is 14.5. The van der Waals surface area contributed by atoms with Gasteiger partial charge in [-0.25, -0.2) is 0 Å². The van der Waals surface area contributed by atoms with Gasteiger partial charge in [0.05, 0.1) is 10.8 Å². The molecule has 4 heteroatoms. The van der Waals surface area contributed by atoms with Crippen molar-refractivity contribution in [3.05, 3.63) is 412 Å². The first kappa shape index (κ1) is 84.7. The first-order valence-corrected chi connectivity index (χ1v) is 51.4. The quantitative estimate of drug-likeness (QED) is 0.0394. The number of unbranched alkanes of at least 4 members (excludes halogenated alkanes) is 16. The largest absolute Gasteiger partial charge is 0.456 e. The fourth-order valence-corrected chi connectivity index (χ4v) is 26.9. The summed E-state index contributed by atoms with van der Waals surface area (Å²) >= 11 is 0. The van der Waals surface area contributed by atoms with Crippen molar-refractivity contribution < 1.29 is 13.3 Å². The number of anilines is 3. The number of rotatable bonds is 32. The lowest BCUT2D eigenvalue weighted by Gasteiger charge is -2.40. The van der Waals surface area contributed by atoms with Crippen LogP contribution in [0, 0.1) is 0 Å². The van der Waals surface area contributed by atoms with E-state index in [0.29, 0.717) is 0 Å². The van der Waals surface area contributed by atoms with Crippen LogP contribution in [0.25, 0.3) is 133 Å². The van der Waals surface area contributed by atoms with E-state index in [-0.39, 0.29) is 10.8 Å². The predicted octanol–water partition coefficient (Wildman–Crippen LogP) is 37.5. The van der Waals surface area contributed by atoms with E-state index in [1.54, 1.807) is 11.1 Å². The van der Waals surface area contributed by atoms with E-state index in [0.717, 1.165) is 111 Å². The van der Waals surface area contributed by atoms with E-state index < -0.39 is 16.2 Å². The summed E-state index contributed by atoms with van der Waals surface area (Å²) in [6, 6.07) is 129. The van der Waals surface area contributed by atoms with Crippen LogP contribution in [0.5, 0.6) is 0 Å². The molecule has 0 aliphatic heterocycles. The Morgan fingerprint density at radius 1 is 0.230 bits per heavy atom. The van der Waals surface area contributed by atoms with Crippen molar-refractivity contribution in [1.82, 2.24) is 0 Å². The molecule has 0 saturated carbocycles. The molecular weight excluding hydrogens is 1640 g/mol. The second kappa shape index (κ2) is 34.3. The predicted molar refractivity (Wildman–Crippen MR) is 567 cm³/mol. The zero-order valence-corrected chi connectivity index (χ0v) is 79.4. The smallest absolute Gasteiger partial charge is 0.144 e. The molecule has 24 rings (SSSR count). The van der Waals surface area contributed by atoms with E-state index in [1.165, 1.54) is 260 Å². The van der Waals surface area contributed by atoms with Gasteiger partial charge in [0, 0.05) is 76.8 Å². The van der Waals surface area contributed by atoms with Crippen LogP contribution in [-0.2, 0) is 27.1 Å². The monoisotopic (exact) mass is 1760 g/mol. The molecule has 0 fully saturated rings. The van der Waals surface area contributed by atoms with E-state index in [1.807, 2.05) is 0 Å². The van der Waals surface area contributed by atoms with Crippen LogP contribution in [-0.4, -0.2) is 0 Å². The van der Waals surface area contributed by atoms with E-state index >= 15 is 0 Å². The Morgan fingerprint density at radius 2 is 0.600 bits per heavy atom. The SMILES string of the molecule is CCCCCCCC1(CCCCCCC)c2ccccc2-c2c1c1c(c3c2oc2ccccc23)-c2ccc(N(c3ccc4c(c3)C(C)(C)c3cc(-c5ccccc5)c5oc6ccccc6c5c3-4)c3ccc4c(c3)C(c3ccccc3)(c3ccccc3)c3cc5c(cc3-4)C(c3ccccc3)(c3ccccc3)c3ccc4oc6ccccc6c4c3-5)cc2C1(CCCCCCC)CCCCCCC. The van der Waals surface area contributed by atoms with Gasteiger partial charge < -0.3 is 18.2 Å².